The molecule has 3 aromatic rings. The summed E-state index contributed by atoms with van der Waals surface area (Å²) in [7, 11) is 0. The van der Waals surface area contributed by atoms with Gasteiger partial charge in [-0.3, -0.25) is 9.69 Å². The highest BCUT2D eigenvalue weighted by Gasteiger charge is 2.29. The first-order valence-electron chi connectivity index (χ1n) is 14.9. The summed E-state index contributed by atoms with van der Waals surface area (Å²) >= 11 is 0. The standard InChI is InChI=1S/C34H40N4O/c39-32(18-12-26-9-15-29(16-10-26)28-5-2-1-3-6-28)19-13-27-11-17-30-25-35-34(36-33(30)20-14-27)38-23-21-37(22-24-38)31-7-4-8-31/h1-3,5-6,9-10,12,15-16,18,25,27,31H,4,7-8,11,13-14,17,19-24H2/b18-12+/t27-/m1/s1. The van der Waals surface area contributed by atoms with Gasteiger partial charge in [-0.25, -0.2) is 9.97 Å². The quantitative estimate of drug-likeness (QED) is 0.255. The van der Waals surface area contributed by atoms with Crippen LogP contribution in [0.1, 0.15) is 61.8 Å². The molecule has 1 atom stereocenters. The molecule has 3 aliphatic rings. The number of rotatable bonds is 8. The van der Waals surface area contributed by atoms with Crippen LogP contribution in [-0.2, 0) is 17.6 Å². The maximum atomic E-state index is 12.6. The third kappa shape index (κ3) is 6.47. The van der Waals surface area contributed by atoms with Gasteiger partial charge in [-0.1, -0.05) is 67.1 Å². The van der Waals surface area contributed by atoms with E-state index in [0.717, 1.165) is 75.8 Å². The largest absolute Gasteiger partial charge is 0.338 e. The van der Waals surface area contributed by atoms with E-state index in [9.17, 15) is 4.79 Å². The SMILES string of the molecule is O=C(/C=C/c1ccc(-c2ccccc2)cc1)CC[C@H]1CCc2cnc(N3CCN(C4CCC4)CC3)nc2CC1. The summed E-state index contributed by atoms with van der Waals surface area (Å²) in [5.41, 5.74) is 6.00. The lowest BCUT2D eigenvalue weighted by molar-refractivity contribution is -0.114. The molecule has 39 heavy (non-hydrogen) atoms. The van der Waals surface area contributed by atoms with Crippen molar-refractivity contribution >= 4 is 17.8 Å². The first-order valence-corrected chi connectivity index (χ1v) is 14.9. The second kappa shape index (κ2) is 12.3. The molecule has 1 saturated heterocycles. The van der Waals surface area contributed by atoms with Crippen molar-refractivity contribution in [3.8, 4) is 11.1 Å². The van der Waals surface area contributed by atoms with Gasteiger partial charge in [-0.2, -0.15) is 0 Å². The summed E-state index contributed by atoms with van der Waals surface area (Å²) in [5, 5.41) is 0. The minimum atomic E-state index is 0.215. The number of carbonyl (C=O) groups is 1. The van der Waals surface area contributed by atoms with E-state index in [0.29, 0.717) is 12.3 Å². The van der Waals surface area contributed by atoms with Crippen LogP contribution in [-0.4, -0.2) is 52.9 Å². The fraction of sp³-hybridized carbons (Fsp3) is 0.441. The number of carbonyl (C=O) groups excluding carboxylic acids is 1. The molecule has 5 nitrogen and oxygen atoms in total. The average Bonchev–Trinajstić information content (AvgIpc) is 3.17. The molecule has 2 aromatic carbocycles. The van der Waals surface area contributed by atoms with Crippen LogP contribution in [0, 0.1) is 5.92 Å². The number of hydrogen-bond donors (Lipinski definition) is 0. The molecule has 0 bridgehead atoms. The lowest BCUT2D eigenvalue weighted by atomic mass is 9.91. The number of hydrogen-bond acceptors (Lipinski definition) is 5. The number of fused-ring (bicyclic) bond motifs is 1. The van der Waals surface area contributed by atoms with Gasteiger partial charge in [0.05, 0.1) is 0 Å². The van der Waals surface area contributed by atoms with Crippen LogP contribution in [0.2, 0.25) is 0 Å². The lowest BCUT2D eigenvalue weighted by Crippen LogP contribution is -2.52. The number of aryl methyl sites for hydroxylation is 2. The van der Waals surface area contributed by atoms with Gasteiger partial charge in [-0.15, -0.1) is 0 Å². The smallest absolute Gasteiger partial charge is 0.225 e. The second-order valence-corrected chi connectivity index (χ2v) is 11.5. The Kier molecular flexibility index (Phi) is 8.15. The minimum Gasteiger partial charge on any atom is -0.338 e. The van der Waals surface area contributed by atoms with Crippen molar-refractivity contribution in [1.29, 1.82) is 0 Å². The fourth-order valence-electron chi connectivity index (χ4n) is 6.22. The van der Waals surface area contributed by atoms with Crippen molar-refractivity contribution in [2.75, 3.05) is 31.1 Å². The summed E-state index contributed by atoms with van der Waals surface area (Å²) in [4.78, 5) is 27.5. The van der Waals surface area contributed by atoms with Crippen LogP contribution >= 0.6 is 0 Å². The van der Waals surface area contributed by atoms with Crippen LogP contribution < -0.4 is 4.90 Å². The first-order chi connectivity index (χ1) is 19.2. The van der Waals surface area contributed by atoms with Gasteiger partial charge in [0.2, 0.25) is 5.95 Å². The van der Waals surface area contributed by atoms with Crippen molar-refractivity contribution < 1.29 is 4.79 Å². The molecule has 2 heterocycles. The Morgan fingerprint density at radius 3 is 2.36 bits per heavy atom. The van der Waals surface area contributed by atoms with Gasteiger partial charge in [-0.05, 0) is 79.2 Å². The van der Waals surface area contributed by atoms with Crippen LogP contribution in [0.25, 0.3) is 17.2 Å². The summed E-state index contributed by atoms with van der Waals surface area (Å²) in [6.45, 7) is 4.33. The van der Waals surface area contributed by atoms with E-state index in [1.165, 1.54) is 41.6 Å². The molecule has 0 unspecified atom stereocenters. The number of ketones is 1. The maximum Gasteiger partial charge on any atom is 0.225 e. The molecule has 0 spiro atoms. The van der Waals surface area contributed by atoms with E-state index in [4.69, 9.17) is 9.97 Å². The Hall–Kier alpha value is -3.31. The Morgan fingerprint density at radius 2 is 1.62 bits per heavy atom. The zero-order valence-corrected chi connectivity index (χ0v) is 23.0. The third-order valence-corrected chi connectivity index (χ3v) is 9.02. The summed E-state index contributed by atoms with van der Waals surface area (Å²) in [6, 6.07) is 19.6. The average molecular weight is 521 g/mol. The van der Waals surface area contributed by atoms with Gasteiger partial charge < -0.3 is 4.90 Å². The number of benzene rings is 2. The van der Waals surface area contributed by atoms with Crippen molar-refractivity contribution in [3.63, 3.8) is 0 Å². The summed E-state index contributed by atoms with van der Waals surface area (Å²) in [5.74, 6) is 1.70. The maximum absolute atomic E-state index is 12.6. The molecule has 2 fully saturated rings. The molecule has 0 radical (unpaired) electrons. The highest BCUT2D eigenvalue weighted by atomic mass is 16.1. The normalized spacial score (nSPS) is 20.4. The van der Waals surface area contributed by atoms with Gasteiger partial charge in [0.15, 0.2) is 5.78 Å². The van der Waals surface area contributed by atoms with Gasteiger partial charge in [0, 0.05) is 50.5 Å². The lowest BCUT2D eigenvalue weighted by Gasteiger charge is -2.43. The molecule has 1 aromatic heterocycles. The van der Waals surface area contributed by atoms with Crippen molar-refractivity contribution in [2.45, 2.75) is 63.8 Å². The number of piperazine rings is 1. The van der Waals surface area contributed by atoms with E-state index in [2.05, 4.69) is 64.5 Å². The molecule has 0 amide bonds. The number of aromatic nitrogens is 2. The van der Waals surface area contributed by atoms with Crippen molar-refractivity contribution in [1.82, 2.24) is 14.9 Å². The number of nitrogens with zero attached hydrogens (tertiary/aromatic N) is 4. The topological polar surface area (TPSA) is 49.3 Å². The Morgan fingerprint density at radius 1 is 0.872 bits per heavy atom. The van der Waals surface area contributed by atoms with E-state index in [-0.39, 0.29) is 5.78 Å². The minimum absolute atomic E-state index is 0.215. The van der Waals surface area contributed by atoms with E-state index in [1.807, 2.05) is 12.1 Å². The molecule has 1 aliphatic heterocycles. The number of allylic oxidation sites excluding steroid dienone is 1. The fourth-order valence-corrected chi connectivity index (χ4v) is 6.22. The summed E-state index contributed by atoms with van der Waals surface area (Å²) in [6.07, 6.45) is 15.7. The summed E-state index contributed by atoms with van der Waals surface area (Å²) < 4.78 is 0. The first kappa shape index (κ1) is 25.9. The van der Waals surface area contributed by atoms with Gasteiger partial charge in [0.1, 0.15) is 0 Å². The Balaban J connectivity index is 0.968. The second-order valence-electron chi connectivity index (χ2n) is 11.5. The third-order valence-electron chi connectivity index (χ3n) is 9.02. The van der Waals surface area contributed by atoms with E-state index in [1.54, 1.807) is 6.08 Å². The van der Waals surface area contributed by atoms with E-state index >= 15 is 0 Å². The molecule has 6 rings (SSSR count). The molecular formula is C34H40N4O. The highest BCUT2D eigenvalue weighted by molar-refractivity contribution is 5.93. The van der Waals surface area contributed by atoms with Gasteiger partial charge >= 0.3 is 0 Å². The van der Waals surface area contributed by atoms with Crippen LogP contribution in [0.5, 0.6) is 0 Å². The molecule has 5 heteroatoms. The highest BCUT2D eigenvalue weighted by Crippen LogP contribution is 2.29. The predicted molar refractivity (Wildman–Crippen MR) is 159 cm³/mol. The number of anilines is 1. The molecule has 0 N–H and O–H groups in total. The van der Waals surface area contributed by atoms with Crippen LogP contribution in [0.15, 0.2) is 66.9 Å². The zero-order chi connectivity index (χ0) is 26.4. The van der Waals surface area contributed by atoms with Crippen molar-refractivity contribution in [2.24, 2.45) is 5.92 Å². The predicted octanol–water partition coefficient (Wildman–Crippen LogP) is 6.38. The Labute approximate surface area is 233 Å². The van der Waals surface area contributed by atoms with Crippen LogP contribution in [0.4, 0.5) is 5.95 Å². The monoisotopic (exact) mass is 520 g/mol. The molecule has 2 aliphatic carbocycles. The van der Waals surface area contributed by atoms with Crippen LogP contribution in [0.3, 0.4) is 0 Å². The van der Waals surface area contributed by atoms with Gasteiger partial charge in [0.25, 0.3) is 0 Å². The van der Waals surface area contributed by atoms with Crippen molar-refractivity contribution in [3.05, 3.63) is 83.7 Å². The molecule has 202 valence electrons. The zero-order valence-electron chi connectivity index (χ0n) is 23.0. The molecular weight excluding hydrogens is 480 g/mol. The van der Waals surface area contributed by atoms with E-state index < -0.39 is 0 Å². The Bertz CT molecular complexity index is 1270. The molecule has 1 saturated carbocycles.